The van der Waals surface area contributed by atoms with Crippen LogP contribution in [0.2, 0.25) is 0 Å². The van der Waals surface area contributed by atoms with Crippen LogP contribution in [0.25, 0.3) is 6.08 Å². The molecule has 1 fully saturated rings. The number of anilines is 1. The average Bonchev–Trinajstić information content (AvgIpc) is 3.06. The minimum atomic E-state index is -1.06. The van der Waals surface area contributed by atoms with E-state index in [4.69, 9.17) is 14.6 Å². The summed E-state index contributed by atoms with van der Waals surface area (Å²) in [5, 5.41) is 15.0. The van der Waals surface area contributed by atoms with Gasteiger partial charge in [-0.2, -0.15) is 0 Å². The number of ether oxygens (including phenoxy) is 2. The molecule has 8 heteroatoms. The Hall–Kier alpha value is -3.13. The van der Waals surface area contributed by atoms with E-state index in [0.717, 1.165) is 17.7 Å². The van der Waals surface area contributed by atoms with Crippen molar-refractivity contribution in [2.24, 2.45) is 0 Å². The van der Waals surface area contributed by atoms with Gasteiger partial charge in [-0.3, -0.25) is 4.79 Å². The molecule has 1 aliphatic heterocycles. The lowest BCUT2D eigenvalue weighted by molar-refractivity contribution is -0.139. The molecule has 158 valence electrons. The van der Waals surface area contributed by atoms with Crippen molar-refractivity contribution in [2.75, 3.05) is 18.5 Å². The summed E-state index contributed by atoms with van der Waals surface area (Å²) in [5.41, 5.74) is 2.68. The van der Waals surface area contributed by atoms with Crippen molar-refractivity contribution in [3.8, 4) is 11.5 Å². The number of nitrogens with one attached hydrogen (secondary N) is 2. The maximum Gasteiger partial charge on any atom is 0.341 e. The molecule has 0 unspecified atom stereocenters. The molecule has 2 aromatic rings. The molecular formula is C22H24N2O5S. The van der Waals surface area contributed by atoms with Gasteiger partial charge in [0.25, 0.3) is 5.91 Å². The van der Waals surface area contributed by atoms with Gasteiger partial charge in [-0.1, -0.05) is 36.9 Å². The number of amides is 1. The molecule has 0 aromatic heterocycles. The third-order valence-corrected chi connectivity index (χ3v) is 5.34. The molecular weight excluding hydrogens is 404 g/mol. The number of aliphatic carboxylic acids is 1. The maximum absolute atomic E-state index is 12.4. The Balaban J connectivity index is 1.71. The highest BCUT2D eigenvalue weighted by atomic mass is 32.2. The molecule has 0 saturated carbocycles. The van der Waals surface area contributed by atoms with Crippen molar-refractivity contribution in [1.82, 2.24) is 5.32 Å². The number of carbonyl (C=O) groups is 2. The molecule has 7 nitrogen and oxygen atoms in total. The summed E-state index contributed by atoms with van der Waals surface area (Å²) in [6, 6.07) is 13.2. The fourth-order valence-corrected chi connectivity index (χ4v) is 3.83. The molecule has 1 atom stereocenters. The van der Waals surface area contributed by atoms with Gasteiger partial charge in [0, 0.05) is 5.69 Å². The van der Waals surface area contributed by atoms with E-state index < -0.39 is 12.6 Å². The topological polar surface area (TPSA) is 96.9 Å². The van der Waals surface area contributed by atoms with E-state index in [9.17, 15) is 9.59 Å². The van der Waals surface area contributed by atoms with Crippen molar-refractivity contribution in [2.45, 2.75) is 25.8 Å². The first-order valence-electron chi connectivity index (χ1n) is 9.64. The van der Waals surface area contributed by atoms with Crippen LogP contribution < -0.4 is 20.1 Å². The largest absolute Gasteiger partial charge is 0.490 e. The van der Waals surface area contributed by atoms with Gasteiger partial charge in [-0.25, -0.2) is 4.79 Å². The Labute approximate surface area is 179 Å². The lowest BCUT2D eigenvalue weighted by atomic mass is 10.1. The number of hydrogen-bond donors (Lipinski definition) is 3. The van der Waals surface area contributed by atoms with Crippen LogP contribution in [0.1, 0.15) is 25.0 Å². The Morgan fingerprint density at radius 3 is 2.60 bits per heavy atom. The van der Waals surface area contributed by atoms with E-state index in [1.807, 2.05) is 19.1 Å². The first-order valence-corrected chi connectivity index (χ1v) is 10.5. The van der Waals surface area contributed by atoms with Crippen molar-refractivity contribution >= 4 is 35.4 Å². The van der Waals surface area contributed by atoms with Crippen molar-refractivity contribution in [1.29, 1.82) is 0 Å². The molecule has 3 N–H and O–H groups in total. The van der Waals surface area contributed by atoms with E-state index in [2.05, 4.69) is 29.7 Å². The van der Waals surface area contributed by atoms with E-state index >= 15 is 0 Å². The van der Waals surface area contributed by atoms with Gasteiger partial charge in [0.05, 0.1) is 11.5 Å². The Morgan fingerprint density at radius 1 is 1.17 bits per heavy atom. The van der Waals surface area contributed by atoms with Gasteiger partial charge in [0.2, 0.25) is 0 Å². The number of rotatable bonds is 9. The van der Waals surface area contributed by atoms with Gasteiger partial charge in [0.1, 0.15) is 0 Å². The van der Waals surface area contributed by atoms with Crippen molar-refractivity contribution in [3.05, 3.63) is 58.5 Å². The average molecular weight is 429 g/mol. The number of hydrogen-bond acceptors (Lipinski definition) is 6. The molecule has 1 heterocycles. The summed E-state index contributed by atoms with van der Waals surface area (Å²) >= 11 is 1.40. The van der Waals surface area contributed by atoms with Crippen LogP contribution in [0, 0.1) is 0 Å². The summed E-state index contributed by atoms with van der Waals surface area (Å²) in [7, 11) is 0. The molecule has 0 aliphatic carbocycles. The lowest BCUT2D eigenvalue weighted by Gasteiger charge is -2.13. The first kappa shape index (κ1) is 21.6. The van der Waals surface area contributed by atoms with E-state index in [0.29, 0.717) is 23.0 Å². The molecule has 1 aliphatic rings. The molecule has 0 spiro atoms. The number of carboxylic acid groups (broad SMARTS) is 1. The first-order chi connectivity index (χ1) is 14.5. The van der Waals surface area contributed by atoms with Crippen LogP contribution in [0.4, 0.5) is 5.69 Å². The number of aryl methyl sites for hydroxylation is 1. The van der Waals surface area contributed by atoms with Gasteiger partial charge < -0.3 is 25.2 Å². The van der Waals surface area contributed by atoms with Gasteiger partial charge in [0.15, 0.2) is 23.6 Å². The number of benzene rings is 2. The SMILES string of the molecule is CCOc1cc(/C=C2\S[C@@H](Nc3ccc(CC)cc3)NC2=O)ccc1OCC(=O)O. The second-order valence-electron chi connectivity index (χ2n) is 6.50. The highest BCUT2D eigenvalue weighted by molar-refractivity contribution is 8.05. The van der Waals surface area contributed by atoms with Crippen LogP contribution in [0.3, 0.4) is 0 Å². The van der Waals surface area contributed by atoms with E-state index in [1.54, 1.807) is 24.3 Å². The van der Waals surface area contributed by atoms with Crippen molar-refractivity contribution < 1.29 is 24.2 Å². The van der Waals surface area contributed by atoms with Crippen LogP contribution >= 0.6 is 11.8 Å². The Morgan fingerprint density at radius 2 is 1.93 bits per heavy atom. The second-order valence-corrected chi connectivity index (χ2v) is 7.64. The summed E-state index contributed by atoms with van der Waals surface area (Å²) in [6.07, 6.45) is 2.75. The van der Waals surface area contributed by atoms with Crippen LogP contribution in [0.5, 0.6) is 11.5 Å². The smallest absolute Gasteiger partial charge is 0.341 e. The van der Waals surface area contributed by atoms with Gasteiger partial charge in [-0.05, 0) is 54.8 Å². The predicted molar refractivity (Wildman–Crippen MR) is 118 cm³/mol. The summed E-state index contributed by atoms with van der Waals surface area (Å²) in [5.74, 6) is -0.445. The molecule has 3 rings (SSSR count). The minimum Gasteiger partial charge on any atom is -0.490 e. The lowest BCUT2D eigenvalue weighted by Crippen LogP contribution is -2.30. The molecule has 1 saturated heterocycles. The zero-order valence-electron chi connectivity index (χ0n) is 16.8. The zero-order chi connectivity index (χ0) is 21.5. The number of carbonyl (C=O) groups excluding carboxylic acids is 1. The van der Waals surface area contributed by atoms with Gasteiger partial charge in [-0.15, -0.1) is 0 Å². The van der Waals surface area contributed by atoms with Crippen LogP contribution in [-0.4, -0.2) is 35.7 Å². The third-order valence-electron chi connectivity index (χ3n) is 4.31. The molecule has 30 heavy (non-hydrogen) atoms. The fraction of sp³-hybridized carbons (Fsp3) is 0.273. The highest BCUT2D eigenvalue weighted by Crippen LogP contribution is 2.33. The Kier molecular flexibility index (Phi) is 7.24. The van der Waals surface area contributed by atoms with Crippen LogP contribution in [0.15, 0.2) is 47.4 Å². The van der Waals surface area contributed by atoms with Crippen LogP contribution in [-0.2, 0) is 16.0 Å². The summed E-state index contributed by atoms with van der Waals surface area (Å²) in [6.45, 7) is 3.89. The molecule has 1 amide bonds. The third kappa shape index (κ3) is 5.70. The van der Waals surface area contributed by atoms with E-state index in [1.165, 1.54) is 17.3 Å². The Bertz CT molecular complexity index is 943. The molecule has 2 aromatic carbocycles. The highest BCUT2D eigenvalue weighted by Gasteiger charge is 2.27. The fourth-order valence-electron chi connectivity index (χ4n) is 2.85. The molecule has 0 radical (unpaired) electrons. The standard InChI is InChI=1S/C22H24N2O5S/c1-3-14-5-8-16(9-6-14)23-22-24-21(27)19(30-22)12-15-7-10-17(29-13-20(25)26)18(11-15)28-4-2/h5-12,22-23H,3-4,13H2,1-2H3,(H,24,27)(H,25,26)/b19-12-/t22-/m0/s1. The second kappa shape index (κ2) is 10.1. The monoisotopic (exact) mass is 428 g/mol. The van der Waals surface area contributed by atoms with Gasteiger partial charge >= 0.3 is 5.97 Å². The summed E-state index contributed by atoms with van der Waals surface area (Å²) in [4.78, 5) is 23.7. The predicted octanol–water partition coefficient (Wildman–Crippen LogP) is 3.71. The summed E-state index contributed by atoms with van der Waals surface area (Å²) < 4.78 is 10.8. The minimum absolute atomic E-state index is 0.160. The number of thioether (sulfide) groups is 1. The maximum atomic E-state index is 12.4. The number of carboxylic acids is 1. The zero-order valence-corrected chi connectivity index (χ0v) is 17.6. The van der Waals surface area contributed by atoms with E-state index in [-0.39, 0.29) is 11.4 Å². The molecule has 0 bridgehead atoms. The van der Waals surface area contributed by atoms with Crippen molar-refractivity contribution in [3.63, 3.8) is 0 Å². The normalized spacial score (nSPS) is 16.9. The quantitative estimate of drug-likeness (QED) is 0.524.